The van der Waals surface area contributed by atoms with Gasteiger partial charge in [0.2, 0.25) is 12.2 Å². The van der Waals surface area contributed by atoms with Gasteiger partial charge in [-0.25, -0.2) is 0 Å². The average molecular weight is 345 g/mol. The van der Waals surface area contributed by atoms with Gasteiger partial charge in [-0.3, -0.25) is 19.2 Å². The van der Waals surface area contributed by atoms with Crippen LogP contribution >= 0.6 is 0 Å². The van der Waals surface area contributed by atoms with Crippen molar-refractivity contribution in [1.82, 2.24) is 5.32 Å². The summed E-state index contributed by atoms with van der Waals surface area (Å²) in [6.07, 6.45) is -2.71. The van der Waals surface area contributed by atoms with E-state index in [4.69, 9.17) is 18.9 Å². The molecule has 1 aliphatic rings. The highest BCUT2D eigenvalue weighted by atomic mass is 16.7. The van der Waals surface area contributed by atoms with E-state index in [0.29, 0.717) is 0 Å². The van der Waals surface area contributed by atoms with Crippen molar-refractivity contribution in [3.8, 4) is 0 Å². The van der Waals surface area contributed by atoms with Crippen molar-refractivity contribution in [2.24, 2.45) is 5.92 Å². The molecular formula is C15H23NO8. The van der Waals surface area contributed by atoms with E-state index in [1.165, 1.54) is 27.7 Å². The lowest BCUT2D eigenvalue weighted by atomic mass is 9.88. The molecule has 1 aliphatic heterocycles. The molecule has 24 heavy (non-hydrogen) atoms. The molecule has 9 nitrogen and oxygen atoms in total. The summed E-state index contributed by atoms with van der Waals surface area (Å²) < 4.78 is 20.9. The van der Waals surface area contributed by atoms with Crippen LogP contribution in [0.1, 0.15) is 34.6 Å². The molecule has 0 aromatic carbocycles. The lowest BCUT2D eigenvalue weighted by molar-refractivity contribution is -0.256. The largest absolute Gasteiger partial charge is 0.463 e. The number of hydrogen-bond acceptors (Lipinski definition) is 8. The van der Waals surface area contributed by atoms with Gasteiger partial charge in [0.25, 0.3) is 0 Å². The molecule has 1 N–H and O–H groups in total. The lowest BCUT2D eigenvalue weighted by Gasteiger charge is -2.44. The van der Waals surface area contributed by atoms with Crippen LogP contribution < -0.4 is 5.32 Å². The molecule has 1 fully saturated rings. The predicted molar refractivity (Wildman–Crippen MR) is 79.4 cm³/mol. The van der Waals surface area contributed by atoms with Gasteiger partial charge in [0.1, 0.15) is 18.8 Å². The molecular weight excluding hydrogens is 322 g/mol. The molecule has 1 rings (SSSR count). The number of carbonyl (C=O) groups excluding carboxylic acids is 4. The Labute approximate surface area is 139 Å². The molecule has 0 aromatic heterocycles. The zero-order chi connectivity index (χ0) is 18.4. The van der Waals surface area contributed by atoms with Crippen LogP contribution in [0.2, 0.25) is 0 Å². The lowest BCUT2D eigenvalue weighted by Crippen LogP contribution is -2.62. The zero-order valence-corrected chi connectivity index (χ0v) is 14.4. The van der Waals surface area contributed by atoms with Gasteiger partial charge in [-0.2, -0.15) is 0 Å². The third kappa shape index (κ3) is 5.80. The summed E-state index contributed by atoms with van der Waals surface area (Å²) in [4.78, 5) is 45.1. The minimum absolute atomic E-state index is 0.178. The molecule has 0 saturated carbocycles. The number of carbonyl (C=O) groups is 4. The number of rotatable bonds is 5. The smallest absolute Gasteiger partial charge is 0.305 e. The minimum atomic E-state index is -1.09. The maximum atomic E-state index is 11.4. The molecule has 0 bridgehead atoms. The molecule has 1 amide bonds. The van der Waals surface area contributed by atoms with E-state index in [2.05, 4.69) is 5.32 Å². The highest BCUT2D eigenvalue weighted by molar-refractivity contribution is 5.73. The number of ether oxygens (including phenoxy) is 4. The zero-order valence-electron chi connectivity index (χ0n) is 14.4. The van der Waals surface area contributed by atoms with Gasteiger partial charge in [-0.1, -0.05) is 6.92 Å². The highest BCUT2D eigenvalue weighted by Gasteiger charge is 2.47. The first kappa shape index (κ1) is 19.9. The first-order chi connectivity index (χ1) is 11.1. The Hall–Kier alpha value is -2.16. The van der Waals surface area contributed by atoms with E-state index >= 15 is 0 Å². The van der Waals surface area contributed by atoms with Crippen LogP contribution in [0.3, 0.4) is 0 Å². The van der Waals surface area contributed by atoms with Gasteiger partial charge in [0, 0.05) is 33.6 Å². The number of nitrogens with one attached hydrogen (secondary N) is 1. The van der Waals surface area contributed by atoms with Crippen molar-refractivity contribution in [1.29, 1.82) is 0 Å². The minimum Gasteiger partial charge on any atom is -0.463 e. The molecule has 136 valence electrons. The molecule has 5 unspecified atom stereocenters. The summed E-state index contributed by atoms with van der Waals surface area (Å²) in [6, 6.07) is -0.718. The Morgan fingerprint density at radius 1 is 0.958 bits per heavy atom. The van der Waals surface area contributed by atoms with Crippen LogP contribution in [0.15, 0.2) is 0 Å². The molecule has 5 atom stereocenters. The fourth-order valence-corrected chi connectivity index (χ4v) is 2.53. The number of amides is 1. The summed E-state index contributed by atoms with van der Waals surface area (Å²) in [5, 5.41) is 2.64. The summed E-state index contributed by atoms with van der Waals surface area (Å²) in [6.45, 7) is 6.52. The summed E-state index contributed by atoms with van der Waals surface area (Å²) in [5.41, 5.74) is 0. The van der Waals surface area contributed by atoms with E-state index in [1.807, 2.05) is 0 Å². The fraction of sp³-hybridized carbons (Fsp3) is 0.733. The van der Waals surface area contributed by atoms with Gasteiger partial charge in [0.05, 0.1) is 6.04 Å². The predicted octanol–water partition coefficient (Wildman–Crippen LogP) is -0.0900. The van der Waals surface area contributed by atoms with Crippen molar-refractivity contribution in [3.05, 3.63) is 0 Å². The molecule has 0 aliphatic carbocycles. The molecule has 0 aromatic rings. The monoisotopic (exact) mass is 345 g/mol. The molecule has 1 saturated heterocycles. The van der Waals surface area contributed by atoms with E-state index < -0.39 is 48.4 Å². The quantitative estimate of drug-likeness (QED) is 0.543. The number of hydrogen-bond donors (Lipinski definition) is 1. The molecule has 9 heteroatoms. The second-order valence-electron chi connectivity index (χ2n) is 5.61. The first-order valence-electron chi connectivity index (χ1n) is 7.52. The van der Waals surface area contributed by atoms with E-state index in [1.54, 1.807) is 6.92 Å². The van der Waals surface area contributed by atoms with Crippen molar-refractivity contribution in [2.75, 3.05) is 6.61 Å². The third-order valence-corrected chi connectivity index (χ3v) is 3.46. The van der Waals surface area contributed by atoms with E-state index in [-0.39, 0.29) is 12.5 Å². The van der Waals surface area contributed by atoms with Crippen molar-refractivity contribution in [2.45, 2.75) is 59.2 Å². The van der Waals surface area contributed by atoms with E-state index in [9.17, 15) is 19.2 Å². The van der Waals surface area contributed by atoms with Crippen molar-refractivity contribution in [3.63, 3.8) is 0 Å². The van der Waals surface area contributed by atoms with Gasteiger partial charge < -0.3 is 24.3 Å². The normalized spacial score (nSPS) is 29.3. The van der Waals surface area contributed by atoms with Crippen molar-refractivity contribution >= 4 is 23.8 Å². The Bertz CT molecular complexity index is 504. The van der Waals surface area contributed by atoms with Gasteiger partial charge in [-0.15, -0.1) is 0 Å². The average Bonchev–Trinajstić information content (AvgIpc) is 2.42. The SMILES string of the molecule is CC(=O)NC1C(OC(C)=O)OC(COC(C)=O)C(OC(C)=O)C1C. The molecule has 0 spiro atoms. The number of esters is 3. The standard InChI is InChI=1S/C15H23NO8/c1-7-13(16-8(2)17)15(23-11(5)20)24-12(6-21-9(3)18)14(7)22-10(4)19/h7,12-15H,6H2,1-5H3,(H,16,17). The van der Waals surface area contributed by atoms with Crippen LogP contribution in [-0.2, 0) is 38.1 Å². The van der Waals surface area contributed by atoms with Gasteiger partial charge >= 0.3 is 17.9 Å². The first-order valence-corrected chi connectivity index (χ1v) is 7.52. The Morgan fingerprint density at radius 2 is 1.54 bits per heavy atom. The van der Waals surface area contributed by atoms with Crippen LogP contribution in [-0.4, -0.2) is 55.0 Å². The van der Waals surface area contributed by atoms with Crippen LogP contribution in [0, 0.1) is 5.92 Å². The van der Waals surface area contributed by atoms with E-state index in [0.717, 1.165) is 0 Å². The fourth-order valence-electron chi connectivity index (χ4n) is 2.53. The van der Waals surface area contributed by atoms with Crippen LogP contribution in [0.5, 0.6) is 0 Å². The maximum Gasteiger partial charge on any atom is 0.305 e. The van der Waals surface area contributed by atoms with Crippen LogP contribution in [0.25, 0.3) is 0 Å². The summed E-state index contributed by atoms with van der Waals surface area (Å²) >= 11 is 0. The summed E-state index contributed by atoms with van der Waals surface area (Å²) in [7, 11) is 0. The Kier molecular flexibility index (Phi) is 7.15. The topological polar surface area (TPSA) is 117 Å². The van der Waals surface area contributed by atoms with Gasteiger partial charge in [0.15, 0.2) is 0 Å². The Morgan fingerprint density at radius 3 is 2.00 bits per heavy atom. The van der Waals surface area contributed by atoms with Gasteiger partial charge in [-0.05, 0) is 0 Å². The second-order valence-corrected chi connectivity index (χ2v) is 5.61. The second kappa shape index (κ2) is 8.62. The van der Waals surface area contributed by atoms with Crippen molar-refractivity contribution < 1.29 is 38.1 Å². The highest BCUT2D eigenvalue weighted by Crippen LogP contribution is 2.29. The maximum absolute atomic E-state index is 11.4. The summed E-state index contributed by atoms with van der Waals surface area (Å²) in [5.74, 6) is -2.47. The molecule has 0 radical (unpaired) electrons. The molecule has 1 heterocycles. The Balaban J connectivity index is 3.04. The third-order valence-electron chi connectivity index (χ3n) is 3.46. The van der Waals surface area contributed by atoms with Crippen LogP contribution in [0.4, 0.5) is 0 Å².